The van der Waals surface area contributed by atoms with Crippen LogP contribution >= 0.6 is 0 Å². The van der Waals surface area contributed by atoms with E-state index in [9.17, 15) is 14.0 Å². The molecule has 2 N–H and O–H groups in total. The van der Waals surface area contributed by atoms with Crippen LogP contribution in [0.1, 0.15) is 23.5 Å². The van der Waals surface area contributed by atoms with Crippen molar-refractivity contribution in [1.29, 1.82) is 0 Å². The van der Waals surface area contributed by atoms with Crippen molar-refractivity contribution in [3.8, 4) is 5.75 Å². The molecule has 1 aliphatic carbocycles. The third-order valence-corrected chi connectivity index (χ3v) is 4.06. The molecule has 5 nitrogen and oxygen atoms in total. The van der Waals surface area contributed by atoms with Crippen molar-refractivity contribution in [1.82, 2.24) is 0 Å². The molecule has 1 aliphatic rings. The summed E-state index contributed by atoms with van der Waals surface area (Å²) in [5.41, 5.74) is 6.32. The van der Waals surface area contributed by atoms with Crippen LogP contribution in [-0.4, -0.2) is 18.5 Å². The zero-order valence-corrected chi connectivity index (χ0v) is 13.5. The Bertz CT molecular complexity index is 792. The molecule has 1 fully saturated rings. The number of amides is 1. The molecule has 1 saturated carbocycles. The molecule has 0 spiro atoms. The summed E-state index contributed by atoms with van der Waals surface area (Å²) < 4.78 is 24.3. The molecule has 2 unspecified atom stereocenters. The smallest absolute Gasteiger partial charge is 0.309 e. The van der Waals surface area contributed by atoms with Gasteiger partial charge in [-0.15, -0.1) is 0 Å². The number of ether oxygens (including phenoxy) is 2. The van der Waals surface area contributed by atoms with Gasteiger partial charge in [0.15, 0.2) is 6.61 Å². The lowest BCUT2D eigenvalue weighted by Gasteiger charge is -2.08. The molecule has 2 atom stereocenters. The Kier molecular flexibility index (Phi) is 4.97. The molecular formula is C19H18FNO4. The van der Waals surface area contributed by atoms with Gasteiger partial charge in [0.05, 0.1) is 5.92 Å². The maximum Gasteiger partial charge on any atom is 0.309 e. The number of nitrogens with two attached hydrogens (primary N) is 1. The highest BCUT2D eigenvalue weighted by Gasteiger charge is 2.46. The van der Waals surface area contributed by atoms with Crippen LogP contribution < -0.4 is 10.5 Å². The zero-order valence-electron chi connectivity index (χ0n) is 13.5. The number of hydrogen-bond donors (Lipinski definition) is 1. The summed E-state index contributed by atoms with van der Waals surface area (Å²) in [7, 11) is 0. The van der Waals surface area contributed by atoms with Crippen LogP contribution in [0.25, 0.3) is 0 Å². The van der Waals surface area contributed by atoms with Gasteiger partial charge in [0.2, 0.25) is 0 Å². The maximum atomic E-state index is 13.7. The monoisotopic (exact) mass is 343 g/mol. The Morgan fingerprint density at radius 3 is 2.72 bits per heavy atom. The molecule has 1 amide bonds. The molecule has 0 aromatic heterocycles. The first kappa shape index (κ1) is 17.0. The standard InChI is InChI=1S/C19H18FNO4/c20-17-7-2-1-6-14(17)15-9-16(15)19(23)25-10-12-4-3-5-13(8-12)24-11-18(21)22/h1-8,15-16H,9-11H2,(H2,21,22). The van der Waals surface area contributed by atoms with Crippen LogP contribution in [0.15, 0.2) is 48.5 Å². The second-order valence-corrected chi connectivity index (χ2v) is 5.98. The van der Waals surface area contributed by atoms with E-state index >= 15 is 0 Å². The molecule has 2 aromatic carbocycles. The number of esters is 1. The van der Waals surface area contributed by atoms with E-state index in [1.807, 2.05) is 0 Å². The van der Waals surface area contributed by atoms with Gasteiger partial charge in [-0.3, -0.25) is 9.59 Å². The first-order valence-corrected chi connectivity index (χ1v) is 7.95. The van der Waals surface area contributed by atoms with E-state index in [1.165, 1.54) is 6.07 Å². The average Bonchev–Trinajstić information content (AvgIpc) is 3.39. The van der Waals surface area contributed by atoms with Gasteiger partial charge in [0, 0.05) is 5.92 Å². The van der Waals surface area contributed by atoms with E-state index in [2.05, 4.69) is 0 Å². The quantitative estimate of drug-likeness (QED) is 0.784. The number of hydrogen-bond acceptors (Lipinski definition) is 4. The van der Waals surface area contributed by atoms with Crippen molar-refractivity contribution in [2.45, 2.75) is 18.9 Å². The van der Waals surface area contributed by atoms with E-state index in [0.29, 0.717) is 17.7 Å². The highest BCUT2D eigenvalue weighted by molar-refractivity contribution is 5.77. The number of rotatable bonds is 7. The highest BCUT2D eigenvalue weighted by Crippen LogP contribution is 2.48. The summed E-state index contributed by atoms with van der Waals surface area (Å²) in [5, 5.41) is 0. The van der Waals surface area contributed by atoms with Crippen LogP contribution in [-0.2, 0) is 20.9 Å². The van der Waals surface area contributed by atoms with Crippen LogP contribution in [0.5, 0.6) is 5.75 Å². The summed E-state index contributed by atoms with van der Waals surface area (Å²) >= 11 is 0. The first-order valence-electron chi connectivity index (χ1n) is 7.95. The molecule has 6 heteroatoms. The molecule has 0 aliphatic heterocycles. The topological polar surface area (TPSA) is 78.6 Å². The molecular weight excluding hydrogens is 325 g/mol. The molecule has 0 radical (unpaired) electrons. The lowest BCUT2D eigenvalue weighted by Crippen LogP contribution is -2.20. The van der Waals surface area contributed by atoms with Gasteiger partial charge < -0.3 is 15.2 Å². The van der Waals surface area contributed by atoms with Crippen LogP contribution in [0, 0.1) is 11.7 Å². The van der Waals surface area contributed by atoms with Crippen LogP contribution in [0.2, 0.25) is 0 Å². The third kappa shape index (κ3) is 4.35. The van der Waals surface area contributed by atoms with Crippen molar-refractivity contribution in [2.24, 2.45) is 11.7 Å². The molecule has 3 rings (SSSR count). The first-order chi connectivity index (χ1) is 12.0. The van der Waals surface area contributed by atoms with Crippen molar-refractivity contribution >= 4 is 11.9 Å². The van der Waals surface area contributed by atoms with Crippen molar-refractivity contribution < 1.29 is 23.5 Å². The lowest BCUT2D eigenvalue weighted by atomic mass is 10.1. The van der Waals surface area contributed by atoms with E-state index in [4.69, 9.17) is 15.2 Å². The zero-order chi connectivity index (χ0) is 17.8. The summed E-state index contributed by atoms with van der Waals surface area (Å²) in [6.07, 6.45) is 0.599. The van der Waals surface area contributed by atoms with E-state index in [-0.39, 0.29) is 36.8 Å². The summed E-state index contributed by atoms with van der Waals surface area (Å²) in [4.78, 5) is 22.9. The average molecular weight is 343 g/mol. The SMILES string of the molecule is NC(=O)COc1cccc(COC(=O)C2CC2c2ccccc2F)c1. The van der Waals surface area contributed by atoms with Gasteiger partial charge in [-0.2, -0.15) is 0 Å². The maximum absolute atomic E-state index is 13.7. The largest absolute Gasteiger partial charge is 0.484 e. The molecule has 130 valence electrons. The molecule has 0 bridgehead atoms. The minimum absolute atomic E-state index is 0.0904. The fourth-order valence-electron chi connectivity index (χ4n) is 2.72. The van der Waals surface area contributed by atoms with Crippen molar-refractivity contribution in [3.05, 3.63) is 65.5 Å². The predicted octanol–water partition coefficient (Wildman–Crippen LogP) is 2.54. The molecule has 2 aromatic rings. The Morgan fingerprint density at radius 1 is 1.16 bits per heavy atom. The van der Waals surface area contributed by atoms with Crippen molar-refractivity contribution in [2.75, 3.05) is 6.61 Å². The van der Waals surface area contributed by atoms with Gasteiger partial charge in [-0.1, -0.05) is 30.3 Å². The minimum Gasteiger partial charge on any atom is -0.484 e. The highest BCUT2D eigenvalue weighted by atomic mass is 19.1. The van der Waals surface area contributed by atoms with Crippen LogP contribution in [0.4, 0.5) is 4.39 Å². The summed E-state index contributed by atoms with van der Waals surface area (Å²) in [6.45, 7) is -0.122. The second kappa shape index (κ2) is 7.34. The number of benzene rings is 2. The Balaban J connectivity index is 1.53. The van der Waals surface area contributed by atoms with Crippen molar-refractivity contribution in [3.63, 3.8) is 0 Å². The van der Waals surface area contributed by atoms with Gasteiger partial charge in [0.25, 0.3) is 5.91 Å². The number of carbonyl (C=O) groups is 2. The van der Waals surface area contributed by atoms with Gasteiger partial charge in [-0.25, -0.2) is 4.39 Å². The fourth-order valence-corrected chi connectivity index (χ4v) is 2.72. The molecule has 0 heterocycles. The van der Waals surface area contributed by atoms with E-state index in [1.54, 1.807) is 42.5 Å². The normalized spacial score (nSPS) is 18.4. The third-order valence-electron chi connectivity index (χ3n) is 4.06. The van der Waals surface area contributed by atoms with Gasteiger partial charge in [0.1, 0.15) is 18.2 Å². The Hall–Kier alpha value is -2.89. The van der Waals surface area contributed by atoms with Crippen LogP contribution in [0.3, 0.4) is 0 Å². The Morgan fingerprint density at radius 2 is 1.96 bits per heavy atom. The van der Waals surface area contributed by atoms with Gasteiger partial charge in [-0.05, 0) is 35.7 Å². The predicted molar refractivity (Wildman–Crippen MR) is 88.2 cm³/mol. The number of primary amides is 1. The lowest BCUT2D eigenvalue weighted by molar-refractivity contribution is -0.146. The number of carbonyl (C=O) groups excluding carboxylic acids is 2. The summed E-state index contributed by atoms with van der Waals surface area (Å²) in [6, 6.07) is 13.4. The molecule has 0 saturated heterocycles. The summed E-state index contributed by atoms with van der Waals surface area (Å²) in [5.74, 6) is -1.13. The minimum atomic E-state index is -0.565. The van der Waals surface area contributed by atoms with E-state index < -0.39 is 5.91 Å². The number of halogens is 1. The second-order valence-electron chi connectivity index (χ2n) is 5.98. The Labute approximate surface area is 144 Å². The van der Waals surface area contributed by atoms with E-state index in [0.717, 1.165) is 5.56 Å². The molecule has 25 heavy (non-hydrogen) atoms. The fraction of sp³-hybridized carbons (Fsp3) is 0.263. The van der Waals surface area contributed by atoms with Gasteiger partial charge >= 0.3 is 5.97 Å².